The lowest BCUT2D eigenvalue weighted by Crippen LogP contribution is -2.43. The van der Waals surface area contributed by atoms with Crippen LogP contribution in [0.2, 0.25) is 0 Å². The second-order valence-corrected chi connectivity index (χ2v) is 6.37. The molecule has 3 fully saturated rings. The summed E-state index contributed by atoms with van der Waals surface area (Å²) in [5.41, 5.74) is 0. The van der Waals surface area contributed by atoms with Crippen LogP contribution in [0, 0.1) is 23.2 Å². The smallest absolute Gasteiger partial charge is 0.237 e. The molecule has 104 valence electrons. The number of hydrogen-bond acceptors (Lipinski definition) is 3. The molecule has 3 aliphatic rings. The van der Waals surface area contributed by atoms with E-state index in [2.05, 4.69) is 11.4 Å². The molecule has 4 atom stereocenters. The molecule has 0 bridgehead atoms. The maximum atomic E-state index is 12.1. The van der Waals surface area contributed by atoms with E-state index in [4.69, 9.17) is 5.26 Å². The van der Waals surface area contributed by atoms with E-state index in [0.29, 0.717) is 12.6 Å². The van der Waals surface area contributed by atoms with Crippen molar-refractivity contribution in [3.05, 3.63) is 0 Å². The Bertz CT molecular complexity index is 377. The summed E-state index contributed by atoms with van der Waals surface area (Å²) in [5, 5.41) is 12.4. The van der Waals surface area contributed by atoms with Gasteiger partial charge in [0, 0.05) is 12.6 Å². The number of nitrogens with zero attached hydrogens (tertiary/aromatic N) is 2. The van der Waals surface area contributed by atoms with Crippen molar-refractivity contribution in [3.8, 4) is 6.07 Å². The second-order valence-electron chi connectivity index (χ2n) is 6.37. The summed E-state index contributed by atoms with van der Waals surface area (Å²) >= 11 is 0. The van der Waals surface area contributed by atoms with Gasteiger partial charge in [-0.25, -0.2) is 0 Å². The summed E-state index contributed by atoms with van der Waals surface area (Å²) < 4.78 is 0. The third kappa shape index (κ3) is 2.62. The fraction of sp³-hybridized carbons (Fsp3) is 0.867. The summed E-state index contributed by atoms with van der Waals surface area (Å²) in [6, 6.07) is 2.58. The van der Waals surface area contributed by atoms with Gasteiger partial charge in [0.25, 0.3) is 0 Å². The van der Waals surface area contributed by atoms with Gasteiger partial charge in [-0.2, -0.15) is 5.26 Å². The zero-order chi connectivity index (χ0) is 13.2. The Hall–Kier alpha value is -1.08. The van der Waals surface area contributed by atoms with E-state index in [-0.39, 0.29) is 11.9 Å². The molecule has 19 heavy (non-hydrogen) atoms. The molecule has 4 nitrogen and oxygen atoms in total. The third-order valence-electron chi connectivity index (χ3n) is 5.26. The van der Waals surface area contributed by atoms with Gasteiger partial charge in [0.2, 0.25) is 5.91 Å². The molecule has 1 amide bonds. The van der Waals surface area contributed by atoms with Crippen molar-refractivity contribution < 1.29 is 4.79 Å². The van der Waals surface area contributed by atoms with E-state index < -0.39 is 0 Å². The molecular weight excluding hydrogens is 238 g/mol. The number of rotatable bonds is 3. The molecule has 4 heteroatoms. The zero-order valence-electron chi connectivity index (χ0n) is 11.5. The molecule has 1 heterocycles. The number of fused-ring (bicyclic) bond motifs is 1. The van der Waals surface area contributed by atoms with Crippen molar-refractivity contribution in [1.82, 2.24) is 10.2 Å². The molecule has 0 aromatic rings. The van der Waals surface area contributed by atoms with Crippen LogP contribution in [0.5, 0.6) is 0 Å². The molecule has 1 N–H and O–H groups in total. The summed E-state index contributed by atoms with van der Waals surface area (Å²) in [5.74, 6) is 1.93. The Morgan fingerprint density at radius 1 is 1.21 bits per heavy atom. The largest absolute Gasteiger partial charge is 0.326 e. The van der Waals surface area contributed by atoms with Gasteiger partial charge in [0.05, 0.1) is 12.6 Å². The lowest BCUT2D eigenvalue weighted by Gasteiger charge is -2.21. The highest BCUT2D eigenvalue weighted by Crippen LogP contribution is 2.43. The van der Waals surface area contributed by atoms with Gasteiger partial charge in [-0.15, -0.1) is 0 Å². The van der Waals surface area contributed by atoms with Crippen LogP contribution in [0.4, 0.5) is 0 Å². The molecule has 0 aromatic carbocycles. The van der Waals surface area contributed by atoms with Crippen LogP contribution in [0.15, 0.2) is 0 Å². The highest BCUT2D eigenvalue weighted by atomic mass is 16.2. The maximum Gasteiger partial charge on any atom is 0.237 e. The van der Waals surface area contributed by atoms with E-state index in [9.17, 15) is 4.79 Å². The molecule has 1 saturated heterocycles. The van der Waals surface area contributed by atoms with Crippen LogP contribution in [-0.4, -0.2) is 36.0 Å². The van der Waals surface area contributed by atoms with Crippen LogP contribution >= 0.6 is 0 Å². The van der Waals surface area contributed by atoms with Gasteiger partial charge < -0.3 is 10.2 Å². The number of likely N-dealkylation sites (tertiary alicyclic amines) is 1. The van der Waals surface area contributed by atoms with E-state index in [1.54, 1.807) is 4.90 Å². The standard InChI is InChI=1S/C15H23N3O/c16-9-14-5-2-6-18(14)15(19)10-17-13-7-11-3-1-4-12(11)8-13/h11-14,17H,1-8,10H2/t11-,12+,13+,14-/m0/s1. The molecule has 2 saturated carbocycles. The van der Waals surface area contributed by atoms with Crippen molar-refractivity contribution in [3.63, 3.8) is 0 Å². The fourth-order valence-electron chi connectivity index (χ4n) is 4.26. The molecule has 0 spiro atoms. The van der Waals surface area contributed by atoms with Crippen LogP contribution in [-0.2, 0) is 4.79 Å². The van der Waals surface area contributed by atoms with Crippen molar-refractivity contribution in [2.45, 2.75) is 57.0 Å². The average Bonchev–Trinajstić information content (AvgIpc) is 3.09. The quantitative estimate of drug-likeness (QED) is 0.840. The van der Waals surface area contributed by atoms with E-state index in [1.807, 2.05) is 0 Å². The molecule has 2 aliphatic carbocycles. The highest BCUT2D eigenvalue weighted by Gasteiger charge is 2.37. The van der Waals surface area contributed by atoms with Crippen LogP contribution < -0.4 is 5.32 Å². The Labute approximate surface area is 115 Å². The van der Waals surface area contributed by atoms with E-state index in [0.717, 1.165) is 31.2 Å². The lowest BCUT2D eigenvalue weighted by atomic mass is 10.0. The van der Waals surface area contributed by atoms with Crippen LogP contribution in [0.25, 0.3) is 0 Å². The normalized spacial score (nSPS) is 37.3. The topological polar surface area (TPSA) is 56.1 Å². The zero-order valence-corrected chi connectivity index (χ0v) is 11.5. The minimum atomic E-state index is -0.183. The first-order valence-electron chi connectivity index (χ1n) is 7.70. The van der Waals surface area contributed by atoms with Crippen molar-refractivity contribution in [2.24, 2.45) is 11.8 Å². The van der Waals surface area contributed by atoms with Crippen LogP contribution in [0.1, 0.15) is 44.9 Å². The summed E-state index contributed by atoms with van der Waals surface area (Å²) in [4.78, 5) is 13.9. The molecule has 3 rings (SSSR count). The number of nitrogens with one attached hydrogen (secondary N) is 1. The maximum absolute atomic E-state index is 12.1. The van der Waals surface area contributed by atoms with Crippen LogP contribution in [0.3, 0.4) is 0 Å². The predicted octanol–water partition coefficient (Wildman–Crippen LogP) is 1.67. The van der Waals surface area contributed by atoms with Gasteiger partial charge in [-0.3, -0.25) is 4.79 Å². The molecule has 0 aromatic heterocycles. The van der Waals surface area contributed by atoms with Gasteiger partial charge >= 0.3 is 0 Å². The Balaban J connectivity index is 1.45. The number of hydrogen-bond donors (Lipinski definition) is 1. The summed E-state index contributed by atoms with van der Waals surface area (Å²) in [6.07, 6.45) is 8.49. The SMILES string of the molecule is N#C[C@@H]1CCCN1C(=O)CN[C@H]1C[C@H]2CCC[C@H]2C1. The highest BCUT2D eigenvalue weighted by molar-refractivity contribution is 5.79. The van der Waals surface area contributed by atoms with Gasteiger partial charge in [0.15, 0.2) is 0 Å². The summed E-state index contributed by atoms with van der Waals surface area (Å²) in [6.45, 7) is 1.18. The second kappa shape index (κ2) is 5.50. The number of nitriles is 1. The third-order valence-corrected chi connectivity index (χ3v) is 5.26. The van der Waals surface area contributed by atoms with Crippen molar-refractivity contribution in [2.75, 3.05) is 13.1 Å². The van der Waals surface area contributed by atoms with Crippen molar-refractivity contribution >= 4 is 5.91 Å². The predicted molar refractivity (Wildman–Crippen MR) is 72.2 cm³/mol. The van der Waals surface area contributed by atoms with Gasteiger partial charge in [-0.1, -0.05) is 19.3 Å². The van der Waals surface area contributed by atoms with Gasteiger partial charge in [0.1, 0.15) is 6.04 Å². The monoisotopic (exact) mass is 261 g/mol. The molecule has 0 radical (unpaired) electrons. The minimum absolute atomic E-state index is 0.112. The average molecular weight is 261 g/mol. The summed E-state index contributed by atoms with van der Waals surface area (Å²) in [7, 11) is 0. The Morgan fingerprint density at radius 3 is 2.63 bits per heavy atom. The number of carbonyl (C=O) groups excluding carboxylic acids is 1. The van der Waals surface area contributed by atoms with Crippen molar-refractivity contribution in [1.29, 1.82) is 5.26 Å². The molecule has 1 aliphatic heterocycles. The number of carbonyl (C=O) groups is 1. The Morgan fingerprint density at radius 2 is 1.95 bits per heavy atom. The molecular formula is C15H23N3O. The first-order valence-corrected chi connectivity index (χ1v) is 7.70. The van der Waals surface area contributed by atoms with E-state index >= 15 is 0 Å². The fourth-order valence-corrected chi connectivity index (χ4v) is 4.26. The Kier molecular flexibility index (Phi) is 3.74. The first-order chi connectivity index (χ1) is 9.28. The van der Waals surface area contributed by atoms with Gasteiger partial charge in [-0.05, 0) is 37.5 Å². The molecule has 0 unspecified atom stereocenters. The first kappa shape index (κ1) is 12.9. The lowest BCUT2D eigenvalue weighted by molar-refractivity contribution is -0.130. The number of amides is 1. The van der Waals surface area contributed by atoms with E-state index in [1.165, 1.54) is 32.1 Å². The minimum Gasteiger partial charge on any atom is -0.326 e.